The largest absolute Gasteiger partial charge is 0.381 e. The average molecular weight is 499 g/mol. The Labute approximate surface area is 216 Å². The molecule has 1 aliphatic rings. The maximum absolute atomic E-state index is 6.74. The maximum Gasteiger partial charge on any atom is 0.114 e. The summed E-state index contributed by atoms with van der Waals surface area (Å²) < 4.78 is 12.0. The summed E-state index contributed by atoms with van der Waals surface area (Å²) in [6.07, 6.45) is 3.89. The van der Waals surface area contributed by atoms with Crippen LogP contribution in [0.4, 0.5) is 0 Å². The fourth-order valence-corrected chi connectivity index (χ4v) is 5.97. The molecule has 1 fully saturated rings. The van der Waals surface area contributed by atoms with Crippen molar-refractivity contribution < 1.29 is 4.74 Å². The number of pyridine rings is 1. The highest BCUT2D eigenvalue weighted by molar-refractivity contribution is 6.06. The van der Waals surface area contributed by atoms with Crippen molar-refractivity contribution in [2.75, 3.05) is 13.2 Å². The van der Waals surface area contributed by atoms with E-state index >= 15 is 0 Å². The Morgan fingerprint density at radius 2 is 1.78 bits per heavy atom. The molecule has 0 aliphatic carbocycles. The number of ether oxygens (including phenoxy) is 1. The molecular formula is C28H34N8O. The third-order valence-electron chi connectivity index (χ3n) is 7.63. The maximum atomic E-state index is 6.74. The summed E-state index contributed by atoms with van der Waals surface area (Å²) in [6.45, 7) is 7.55. The van der Waals surface area contributed by atoms with E-state index < -0.39 is 5.54 Å². The van der Waals surface area contributed by atoms with Gasteiger partial charge in [0.25, 0.3) is 0 Å². The Morgan fingerprint density at radius 1 is 1.05 bits per heavy atom. The molecule has 192 valence electrons. The standard InChI is InChI=1S/C28H34N8O/c1-17-23(35(5)33-31-17)20-15-21-22(30-16-20)25-26(27(28(2,3)29)32-34(25)4)36(21)24(18-9-7-6-8-10-18)19-11-13-37-14-12-19/h6-10,15-16,19,24H,11-14,29H2,1-5H3/t24-/m1/s1. The first-order valence-corrected chi connectivity index (χ1v) is 12.9. The van der Waals surface area contributed by atoms with Gasteiger partial charge in [0.1, 0.15) is 16.7 Å². The van der Waals surface area contributed by atoms with Gasteiger partial charge in [-0.2, -0.15) is 5.10 Å². The molecule has 5 aromatic rings. The minimum Gasteiger partial charge on any atom is -0.381 e. The number of rotatable bonds is 5. The van der Waals surface area contributed by atoms with Gasteiger partial charge in [-0.1, -0.05) is 35.5 Å². The number of nitrogens with two attached hydrogens (primary N) is 1. The van der Waals surface area contributed by atoms with Gasteiger partial charge in [0.05, 0.1) is 34.0 Å². The number of hydrogen-bond donors (Lipinski definition) is 1. The predicted octanol–water partition coefficient (Wildman–Crippen LogP) is 4.24. The summed E-state index contributed by atoms with van der Waals surface area (Å²) in [5, 5.41) is 13.4. The van der Waals surface area contributed by atoms with E-state index in [2.05, 4.69) is 51.3 Å². The number of aryl methyl sites for hydroxylation is 3. The molecule has 0 amide bonds. The monoisotopic (exact) mass is 498 g/mol. The van der Waals surface area contributed by atoms with Crippen molar-refractivity contribution in [1.82, 2.24) is 34.3 Å². The zero-order chi connectivity index (χ0) is 25.9. The molecule has 37 heavy (non-hydrogen) atoms. The average Bonchev–Trinajstić information content (AvgIpc) is 3.52. The molecule has 5 heterocycles. The van der Waals surface area contributed by atoms with Crippen LogP contribution in [0.3, 0.4) is 0 Å². The van der Waals surface area contributed by atoms with Gasteiger partial charge in [0.15, 0.2) is 0 Å². The summed E-state index contributed by atoms with van der Waals surface area (Å²) in [5.41, 5.74) is 15.1. The molecule has 1 atom stereocenters. The van der Waals surface area contributed by atoms with E-state index in [4.69, 9.17) is 20.6 Å². The Balaban J connectivity index is 1.73. The van der Waals surface area contributed by atoms with Gasteiger partial charge in [-0.05, 0) is 51.2 Å². The number of aromatic nitrogens is 7. The van der Waals surface area contributed by atoms with Crippen molar-refractivity contribution in [1.29, 1.82) is 0 Å². The van der Waals surface area contributed by atoms with Crippen molar-refractivity contribution in [3.63, 3.8) is 0 Å². The van der Waals surface area contributed by atoms with Crippen LogP contribution in [0.1, 0.15) is 49.7 Å². The molecule has 1 aliphatic heterocycles. The van der Waals surface area contributed by atoms with Crippen LogP contribution in [-0.2, 0) is 24.4 Å². The van der Waals surface area contributed by atoms with Gasteiger partial charge >= 0.3 is 0 Å². The number of nitrogens with zero attached hydrogens (tertiary/aromatic N) is 7. The third-order valence-corrected chi connectivity index (χ3v) is 7.63. The zero-order valence-corrected chi connectivity index (χ0v) is 22.1. The van der Waals surface area contributed by atoms with Crippen molar-refractivity contribution in [3.05, 3.63) is 59.5 Å². The molecule has 0 saturated carbocycles. The van der Waals surface area contributed by atoms with Crippen molar-refractivity contribution in [2.45, 2.75) is 45.2 Å². The molecule has 2 N–H and O–H groups in total. The van der Waals surface area contributed by atoms with E-state index in [1.165, 1.54) is 5.56 Å². The molecular weight excluding hydrogens is 464 g/mol. The van der Waals surface area contributed by atoms with E-state index in [1.54, 1.807) is 0 Å². The second-order valence-electron chi connectivity index (χ2n) is 10.8. The molecule has 0 spiro atoms. The lowest BCUT2D eigenvalue weighted by molar-refractivity contribution is 0.0552. The summed E-state index contributed by atoms with van der Waals surface area (Å²) in [4.78, 5) is 5.03. The van der Waals surface area contributed by atoms with Gasteiger partial charge in [-0.25, -0.2) is 4.68 Å². The number of fused-ring (bicyclic) bond motifs is 3. The lowest BCUT2D eigenvalue weighted by atomic mass is 9.86. The highest BCUT2D eigenvalue weighted by Gasteiger charge is 2.35. The highest BCUT2D eigenvalue weighted by Crippen LogP contribution is 2.43. The quantitative estimate of drug-likeness (QED) is 0.389. The van der Waals surface area contributed by atoms with Gasteiger partial charge in [-0.15, -0.1) is 5.10 Å². The number of hydrogen-bond acceptors (Lipinski definition) is 6. The van der Waals surface area contributed by atoms with E-state index in [0.29, 0.717) is 5.92 Å². The second-order valence-corrected chi connectivity index (χ2v) is 10.8. The molecule has 6 rings (SSSR count). The molecule has 0 radical (unpaired) electrons. The topological polar surface area (TPSA) is 102 Å². The summed E-state index contributed by atoms with van der Waals surface area (Å²) in [5.74, 6) is 0.396. The van der Waals surface area contributed by atoms with Crippen LogP contribution < -0.4 is 5.73 Å². The minimum absolute atomic E-state index is 0.0817. The zero-order valence-electron chi connectivity index (χ0n) is 22.1. The first-order valence-electron chi connectivity index (χ1n) is 12.9. The summed E-state index contributed by atoms with van der Waals surface area (Å²) in [6, 6.07) is 13.1. The summed E-state index contributed by atoms with van der Waals surface area (Å²) in [7, 11) is 3.90. The first-order chi connectivity index (χ1) is 17.8. The summed E-state index contributed by atoms with van der Waals surface area (Å²) >= 11 is 0. The second kappa shape index (κ2) is 8.78. The fourth-order valence-electron chi connectivity index (χ4n) is 5.97. The Bertz CT molecular complexity index is 1560. The molecule has 9 heteroatoms. The first kappa shape index (κ1) is 23.8. The van der Waals surface area contributed by atoms with Crippen molar-refractivity contribution >= 4 is 22.1 Å². The number of benzene rings is 1. The van der Waals surface area contributed by atoms with E-state index in [9.17, 15) is 0 Å². The van der Waals surface area contributed by atoms with Gasteiger partial charge < -0.3 is 15.0 Å². The Hall–Kier alpha value is -3.56. The van der Waals surface area contributed by atoms with Crippen molar-refractivity contribution in [3.8, 4) is 11.3 Å². The molecule has 1 aromatic carbocycles. The van der Waals surface area contributed by atoms with E-state index in [1.807, 2.05) is 50.4 Å². The SMILES string of the molecule is Cc1nnn(C)c1-c1cnc2c3c(c(C(C)(C)N)nn3C)n([C@H](c3ccccc3)C3CCOCC3)c2c1. The highest BCUT2D eigenvalue weighted by atomic mass is 16.5. The molecule has 4 aromatic heterocycles. The van der Waals surface area contributed by atoms with Crippen LogP contribution in [0, 0.1) is 12.8 Å². The van der Waals surface area contributed by atoms with Crippen LogP contribution in [0.25, 0.3) is 33.3 Å². The predicted molar refractivity (Wildman–Crippen MR) is 144 cm³/mol. The third kappa shape index (κ3) is 3.84. The lowest BCUT2D eigenvalue weighted by Gasteiger charge is -2.33. The normalized spacial score (nSPS) is 16.2. The van der Waals surface area contributed by atoms with E-state index in [-0.39, 0.29) is 6.04 Å². The minimum atomic E-state index is -0.631. The van der Waals surface area contributed by atoms with Crippen LogP contribution in [0.2, 0.25) is 0 Å². The van der Waals surface area contributed by atoms with Gasteiger partial charge in [-0.3, -0.25) is 9.67 Å². The van der Waals surface area contributed by atoms with E-state index in [0.717, 1.165) is 70.8 Å². The Morgan fingerprint density at radius 3 is 2.43 bits per heavy atom. The molecule has 1 saturated heterocycles. The molecule has 0 unspecified atom stereocenters. The lowest BCUT2D eigenvalue weighted by Crippen LogP contribution is -2.31. The van der Waals surface area contributed by atoms with Crippen LogP contribution in [0.5, 0.6) is 0 Å². The van der Waals surface area contributed by atoms with Gasteiger partial charge in [0.2, 0.25) is 0 Å². The van der Waals surface area contributed by atoms with Crippen LogP contribution in [0.15, 0.2) is 42.6 Å². The Kier molecular flexibility index (Phi) is 5.65. The fraction of sp³-hybridized carbons (Fsp3) is 0.429. The van der Waals surface area contributed by atoms with Crippen LogP contribution in [-0.4, -0.2) is 47.5 Å². The molecule has 0 bridgehead atoms. The smallest absolute Gasteiger partial charge is 0.114 e. The van der Waals surface area contributed by atoms with Gasteiger partial charge in [0, 0.05) is 39.1 Å². The van der Waals surface area contributed by atoms with Crippen molar-refractivity contribution in [2.24, 2.45) is 25.7 Å². The van der Waals surface area contributed by atoms with Crippen LogP contribution >= 0.6 is 0 Å². The molecule has 9 nitrogen and oxygen atoms in total.